The molecule has 0 bridgehead atoms. The summed E-state index contributed by atoms with van der Waals surface area (Å²) in [7, 11) is 0. The summed E-state index contributed by atoms with van der Waals surface area (Å²) in [5.74, 6) is -0.647. The molecule has 0 saturated carbocycles. The van der Waals surface area contributed by atoms with Crippen molar-refractivity contribution in [2.45, 2.75) is 28.7 Å². The molecule has 0 rings (SSSR count). The molecule has 54 valence electrons. The second-order valence-corrected chi connectivity index (χ2v) is 7.63. The summed E-state index contributed by atoms with van der Waals surface area (Å²) in [6, 6.07) is 0. The number of aliphatic carboxylic acids is 1. The van der Waals surface area contributed by atoms with E-state index in [4.69, 9.17) is 5.11 Å². The summed E-state index contributed by atoms with van der Waals surface area (Å²) in [6.45, 7) is 5.66. The molecule has 0 aliphatic carbocycles. The van der Waals surface area contributed by atoms with Gasteiger partial charge in [0, 0.05) is 0 Å². The second kappa shape index (κ2) is 3.43. The molecule has 0 aromatic rings. The Labute approximate surface area is 65.7 Å². The van der Waals surface area contributed by atoms with Crippen molar-refractivity contribution in [1.82, 2.24) is 0 Å². The van der Waals surface area contributed by atoms with Crippen LogP contribution < -0.4 is 0 Å². The fourth-order valence-electron chi connectivity index (χ4n) is 0.423. The van der Waals surface area contributed by atoms with Crippen molar-refractivity contribution in [1.29, 1.82) is 0 Å². The Balaban J connectivity index is 3.85. The van der Waals surface area contributed by atoms with E-state index < -0.39 is 9.43 Å². The third kappa shape index (κ3) is 3.07. The molecule has 0 aliphatic heterocycles. The van der Waals surface area contributed by atoms with Gasteiger partial charge in [-0.05, 0) is 0 Å². The molecule has 0 aromatic carbocycles. The standard InChI is InChI=1S/C6H12O2Te/c1-4-9-6(2,3)5(7)8/h4H2,1-3H3,(H,7,8). The SMILES string of the molecule is CC[Te]C(C)(C)C(=O)O. The summed E-state index contributed by atoms with van der Waals surface area (Å²) in [4.78, 5) is 10.4. The Morgan fingerprint density at radius 3 is 2.22 bits per heavy atom. The Morgan fingerprint density at radius 1 is 1.67 bits per heavy atom. The minimum absolute atomic E-state index is 0.324. The van der Waals surface area contributed by atoms with E-state index in [1.165, 1.54) is 0 Å². The maximum atomic E-state index is 10.4. The van der Waals surface area contributed by atoms with Crippen molar-refractivity contribution < 1.29 is 9.90 Å². The molecule has 1 N–H and O–H groups in total. The minimum atomic E-state index is -0.647. The van der Waals surface area contributed by atoms with Crippen LogP contribution in [0.1, 0.15) is 20.8 Å². The van der Waals surface area contributed by atoms with Crippen LogP contribution in [-0.2, 0) is 4.79 Å². The third-order valence-corrected chi connectivity index (χ3v) is 4.40. The fraction of sp³-hybridized carbons (Fsp3) is 0.833. The molecule has 0 aromatic heterocycles. The van der Waals surface area contributed by atoms with Crippen molar-refractivity contribution in [2.75, 3.05) is 0 Å². The van der Waals surface area contributed by atoms with Crippen molar-refractivity contribution in [3.63, 3.8) is 0 Å². The van der Waals surface area contributed by atoms with Gasteiger partial charge in [-0.3, -0.25) is 0 Å². The van der Waals surface area contributed by atoms with Crippen molar-refractivity contribution in [3.8, 4) is 0 Å². The van der Waals surface area contributed by atoms with Gasteiger partial charge < -0.3 is 0 Å². The quantitative estimate of drug-likeness (QED) is 0.762. The van der Waals surface area contributed by atoms with Gasteiger partial charge in [0.1, 0.15) is 0 Å². The number of hydrogen-bond acceptors (Lipinski definition) is 1. The fourth-order valence-corrected chi connectivity index (χ4v) is 2.83. The first-order valence-electron chi connectivity index (χ1n) is 2.88. The van der Waals surface area contributed by atoms with Gasteiger partial charge in [-0.1, -0.05) is 0 Å². The third-order valence-electron chi connectivity index (χ3n) is 1.02. The average Bonchev–Trinajstić information content (AvgIpc) is 1.65. The Bertz CT molecular complexity index is 110. The van der Waals surface area contributed by atoms with E-state index in [-0.39, 0.29) is 20.9 Å². The molecular formula is C6H12O2Te. The number of hydrogen-bond donors (Lipinski definition) is 1. The van der Waals surface area contributed by atoms with E-state index in [0.29, 0.717) is 0 Å². The molecule has 0 unspecified atom stereocenters. The Hall–Kier alpha value is 0.260. The van der Waals surface area contributed by atoms with Crippen LogP contribution in [-0.4, -0.2) is 32.0 Å². The van der Waals surface area contributed by atoms with Gasteiger partial charge in [-0.2, -0.15) is 0 Å². The van der Waals surface area contributed by atoms with Gasteiger partial charge in [0.05, 0.1) is 0 Å². The van der Waals surface area contributed by atoms with E-state index in [0.717, 1.165) is 4.47 Å². The number of carbonyl (C=O) groups is 1. The van der Waals surface area contributed by atoms with Gasteiger partial charge >= 0.3 is 65.5 Å². The molecule has 0 atom stereocenters. The molecule has 3 heteroatoms. The monoisotopic (exact) mass is 246 g/mol. The van der Waals surface area contributed by atoms with Gasteiger partial charge in [0.25, 0.3) is 0 Å². The van der Waals surface area contributed by atoms with Gasteiger partial charge in [0.2, 0.25) is 0 Å². The van der Waals surface area contributed by atoms with Crippen molar-refractivity contribution >= 4 is 26.9 Å². The van der Waals surface area contributed by atoms with Crippen LogP contribution >= 0.6 is 0 Å². The van der Waals surface area contributed by atoms with E-state index in [1.807, 2.05) is 6.92 Å². The summed E-state index contributed by atoms with van der Waals surface area (Å²) in [5.41, 5.74) is 0. The van der Waals surface area contributed by atoms with E-state index in [1.54, 1.807) is 13.8 Å². The molecule has 0 fully saturated rings. The van der Waals surface area contributed by atoms with Gasteiger partial charge in [-0.15, -0.1) is 0 Å². The van der Waals surface area contributed by atoms with Crippen LogP contribution in [0.4, 0.5) is 0 Å². The Morgan fingerprint density at radius 2 is 2.11 bits per heavy atom. The van der Waals surface area contributed by atoms with Gasteiger partial charge in [0.15, 0.2) is 0 Å². The maximum absolute atomic E-state index is 10.4. The van der Waals surface area contributed by atoms with Crippen LogP contribution in [0.15, 0.2) is 0 Å². The van der Waals surface area contributed by atoms with Crippen LogP contribution in [0.3, 0.4) is 0 Å². The number of carboxylic acid groups (broad SMARTS) is 1. The average molecular weight is 244 g/mol. The zero-order chi connectivity index (χ0) is 7.49. The van der Waals surface area contributed by atoms with E-state index >= 15 is 0 Å². The normalized spacial score (nSPS) is 11.4. The topological polar surface area (TPSA) is 37.3 Å². The molecule has 0 radical (unpaired) electrons. The number of carboxylic acids is 1. The molecule has 0 amide bonds. The molecule has 2 nitrogen and oxygen atoms in total. The van der Waals surface area contributed by atoms with Crippen LogP contribution in [0.25, 0.3) is 0 Å². The van der Waals surface area contributed by atoms with E-state index in [9.17, 15) is 4.79 Å². The zero-order valence-corrected chi connectivity index (χ0v) is 8.30. The van der Waals surface area contributed by atoms with Crippen LogP contribution in [0, 0.1) is 0 Å². The van der Waals surface area contributed by atoms with Crippen LogP contribution in [0.5, 0.6) is 0 Å². The Kier molecular flexibility index (Phi) is 3.53. The molecule has 9 heavy (non-hydrogen) atoms. The second-order valence-electron chi connectivity index (χ2n) is 2.25. The molecule has 0 heterocycles. The first-order valence-corrected chi connectivity index (χ1v) is 5.69. The van der Waals surface area contributed by atoms with Crippen molar-refractivity contribution in [2.24, 2.45) is 0 Å². The molecule has 0 spiro atoms. The first kappa shape index (κ1) is 9.26. The summed E-state index contributed by atoms with van der Waals surface area (Å²) >= 11 is -0.324. The van der Waals surface area contributed by atoms with Gasteiger partial charge in [-0.25, -0.2) is 0 Å². The van der Waals surface area contributed by atoms with Crippen molar-refractivity contribution in [3.05, 3.63) is 0 Å². The number of rotatable bonds is 3. The molecular weight excluding hydrogens is 232 g/mol. The van der Waals surface area contributed by atoms with E-state index in [2.05, 4.69) is 0 Å². The molecule has 0 saturated heterocycles. The zero-order valence-electron chi connectivity index (χ0n) is 5.97. The predicted octanol–water partition coefficient (Wildman–Crippen LogP) is 1.41. The first-order chi connectivity index (χ1) is 4.00. The predicted molar refractivity (Wildman–Crippen MR) is 37.9 cm³/mol. The summed E-state index contributed by atoms with van der Waals surface area (Å²) < 4.78 is 0.657. The summed E-state index contributed by atoms with van der Waals surface area (Å²) in [5, 5.41) is 8.60. The van der Waals surface area contributed by atoms with Crippen LogP contribution in [0.2, 0.25) is 7.93 Å². The summed E-state index contributed by atoms with van der Waals surface area (Å²) in [6.07, 6.45) is 0. The molecule has 0 aliphatic rings.